The molecule has 0 bridgehead atoms. The summed E-state index contributed by atoms with van der Waals surface area (Å²) in [4.78, 5) is 40.4. The molecule has 4 atom stereocenters. The molecular formula is C20H32O12. The van der Waals surface area contributed by atoms with Crippen LogP contribution < -0.4 is 0 Å². The molecule has 32 heavy (non-hydrogen) atoms. The van der Waals surface area contributed by atoms with E-state index in [1.54, 1.807) is 0 Å². The van der Waals surface area contributed by atoms with E-state index in [0.29, 0.717) is 26.4 Å². The summed E-state index contributed by atoms with van der Waals surface area (Å²) in [6.07, 6.45) is 0.774. The van der Waals surface area contributed by atoms with Gasteiger partial charge in [-0.2, -0.15) is 0 Å². The topological polar surface area (TPSA) is 155 Å². The third-order valence-corrected chi connectivity index (χ3v) is 3.50. The van der Waals surface area contributed by atoms with Gasteiger partial charge in [0.15, 0.2) is 0 Å². The van der Waals surface area contributed by atoms with Gasteiger partial charge in [-0.3, -0.25) is 19.2 Å². The maximum absolute atomic E-state index is 10.1. The Bertz CT molecular complexity index is 487. The SMILES string of the molecule is CC(=O)OCC1CO1.CC(=O)OCC1CO1.CC(=O)OCC1CO1.CC(=O)OCC1CO1. The fourth-order valence-corrected chi connectivity index (χ4v) is 1.50. The lowest BCUT2D eigenvalue weighted by Gasteiger charge is -1.93. The first-order valence-electron chi connectivity index (χ1n) is 10.2. The normalized spacial score (nSPS) is 24.9. The first kappa shape index (κ1) is 27.8. The summed E-state index contributed by atoms with van der Waals surface area (Å²) in [6, 6.07) is 0. The van der Waals surface area contributed by atoms with Crippen LogP contribution >= 0.6 is 0 Å². The van der Waals surface area contributed by atoms with Crippen molar-refractivity contribution in [2.75, 3.05) is 52.9 Å². The highest BCUT2D eigenvalue weighted by molar-refractivity contribution is 5.66. The Labute approximate surface area is 186 Å². The van der Waals surface area contributed by atoms with Crippen molar-refractivity contribution >= 4 is 23.9 Å². The lowest BCUT2D eigenvalue weighted by atomic mass is 10.5. The molecule has 4 saturated heterocycles. The largest absolute Gasteiger partial charge is 0.463 e. The molecule has 0 saturated carbocycles. The second-order valence-electron chi connectivity index (χ2n) is 7.03. The van der Waals surface area contributed by atoms with E-state index in [9.17, 15) is 19.2 Å². The van der Waals surface area contributed by atoms with Gasteiger partial charge in [-0.1, -0.05) is 0 Å². The van der Waals surface area contributed by atoms with Crippen molar-refractivity contribution in [3.05, 3.63) is 0 Å². The molecule has 4 heterocycles. The van der Waals surface area contributed by atoms with Crippen molar-refractivity contribution in [2.24, 2.45) is 0 Å². The fourth-order valence-electron chi connectivity index (χ4n) is 1.50. The molecule has 0 amide bonds. The molecule has 0 N–H and O–H groups in total. The third kappa shape index (κ3) is 22.4. The molecule has 0 aliphatic carbocycles. The van der Waals surface area contributed by atoms with Crippen molar-refractivity contribution in [1.82, 2.24) is 0 Å². The monoisotopic (exact) mass is 464 g/mol. The Balaban J connectivity index is 0.000000213. The molecule has 0 aromatic heterocycles. The number of ether oxygens (including phenoxy) is 8. The molecule has 4 rings (SSSR count). The standard InChI is InChI=1S/4C5H8O3/c4*1-4(6)7-2-5-3-8-5/h4*5H,2-3H2,1H3. The Morgan fingerprint density at radius 3 is 0.750 bits per heavy atom. The number of carbonyl (C=O) groups is 4. The lowest BCUT2D eigenvalue weighted by molar-refractivity contribution is -0.142. The zero-order valence-corrected chi connectivity index (χ0v) is 18.9. The first-order chi connectivity index (χ1) is 15.2. The van der Waals surface area contributed by atoms with Crippen LogP contribution in [0.25, 0.3) is 0 Å². The molecule has 4 fully saturated rings. The van der Waals surface area contributed by atoms with E-state index >= 15 is 0 Å². The van der Waals surface area contributed by atoms with E-state index in [2.05, 4.69) is 18.9 Å². The summed E-state index contributed by atoms with van der Waals surface area (Å²) in [5.41, 5.74) is 0. The smallest absolute Gasteiger partial charge is 0.302 e. The minimum absolute atomic E-state index is 0.193. The summed E-state index contributed by atoms with van der Waals surface area (Å²) >= 11 is 0. The zero-order chi connectivity index (χ0) is 23.9. The average molecular weight is 464 g/mol. The molecule has 4 aliphatic heterocycles. The highest BCUT2D eigenvalue weighted by Gasteiger charge is 2.24. The van der Waals surface area contributed by atoms with E-state index in [1.807, 2.05) is 0 Å². The average Bonchev–Trinajstić information content (AvgIpc) is 3.59. The molecule has 4 unspecified atom stereocenters. The molecule has 12 nitrogen and oxygen atoms in total. The van der Waals surface area contributed by atoms with Crippen molar-refractivity contribution in [3.8, 4) is 0 Å². The predicted molar refractivity (Wildman–Crippen MR) is 105 cm³/mol. The van der Waals surface area contributed by atoms with Crippen LogP contribution in [0.2, 0.25) is 0 Å². The van der Waals surface area contributed by atoms with E-state index in [4.69, 9.17) is 18.9 Å². The summed E-state index contributed by atoms with van der Waals surface area (Å²) in [5.74, 6) is -0.943. The number of hydrogen-bond acceptors (Lipinski definition) is 12. The Kier molecular flexibility index (Phi) is 13.5. The van der Waals surface area contributed by atoms with E-state index < -0.39 is 0 Å². The first-order valence-corrected chi connectivity index (χ1v) is 10.2. The number of carbonyl (C=O) groups excluding carboxylic acids is 4. The maximum atomic E-state index is 10.1. The summed E-state index contributed by atoms with van der Waals surface area (Å²) in [7, 11) is 0. The van der Waals surface area contributed by atoms with Crippen LogP contribution in [0.4, 0.5) is 0 Å². The van der Waals surface area contributed by atoms with Gasteiger partial charge in [-0.05, 0) is 0 Å². The van der Waals surface area contributed by atoms with Gasteiger partial charge in [0.25, 0.3) is 0 Å². The predicted octanol–water partition coefficient (Wildman–Crippen LogP) is -0.207. The summed E-state index contributed by atoms with van der Waals surface area (Å²) in [6.45, 7) is 10.2. The number of hydrogen-bond donors (Lipinski definition) is 0. The summed E-state index contributed by atoms with van der Waals surface area (Å²) in [5, 5.41) is 0. The van der Waals surface area contributed by atoms with Gasteiger partial charge >= 0.3 is 23.9 Å². The fraction of sp³-hybridized carbons (Fsp3) is 0.800. The van der Waals surface area contributed by atoms with Crippen LogP contribution in [0.1, 0.15) is 27.7 Å². The van der Waals surface area contributed by atoms with Crippen molar-refractivity contribution in [2.45, 2.75) is 52.1 Å². The van der Waals surface area contributed by atoms with Crippen LogP contribution in [-0.2, 0) is 57.1 Å². The second-order valence-corrected chi connectivity index (χ2v) is 7.03. The molecule has 0 radical (unpaired) electrons. The van der Waals surface area contributed by atoms with Crippen molar-refractivity contribution < 1.29 is 57.1 Å². The van der Waals surface area contributed by atoms with Crippen molar-refractivity contribution in [1.29, 1.82) is 0 Å². The number of esters is 4. The van der Waals surface area contributed by atoms with Crippen LogP contribution in [0.3, 0.4) is 0 Å². The van der Waals surface area contributed by atoms with E-state index in [-0.39, 0.29) is 48.3 Å². The second kappa shape index (κ2) is 15.5. The Morgan fingerprint density at radius 1 is 0.500 bits per heavy atom. The summed E-state index contributed by atoms with van der Waals surface area (Å²) < 4.78 is 37.5. The molecule has 0 aromatic carbocycles. The Morgan fingerprint density at radius 2 is 0.656 bits per heavy atom. The van der Waals surface area contributed by atoms with E-state index in [1.165, 1.54) is 27.7 Å². The van der Waals surface area contributed by atoms with Gasteiger partial charge in [0.2, 0.25) is 0 Å². The molecule has 184 valence electrons. The highest BCUT2D eigenvalue weighted by atomic mass is 16.6. The number of rotatable bonds is 8. The van der Waals surface area contributed by atoms with Crippen LogP contribution in [-0.4, -0.2) is 101 Å². The maximum Gasteiger partial charge on any atom is 0.302 e. The molecule has 4 aliphatic rings. The lowest BCUT2D eigenvalue weighted by Crippen LogP contribution is -2.05. The van der Waals surface area contributed by atoms with Crippen LogP contribution in [0, 0.1) is 0 Å². The molecule has 0 spiro atoms. The third-order valence-electron chi connectivity index (χ3n) is 3.50. The molecule has 0 aromatic rings. The highest BCUT2D eigenvalue weighted by Crippen LogP contribution is 2.09. The van der Waals surface area contributed by atoms with Gasteiger partial charge < -0.3 is 37.9 Å². The minimum atomic E-state index is -0.236. The van der Waals surface area contributed by atoms with Crippen LogP contribution in [0.5, 0.6) is 0 Å². The quantitative estimate of drug-likeness (QED) is 0.265. The van der Waals surface area contributed by atoms with Crippen molar-refractivity contribution in [3.63, 3.8) is 0 Å². The van der Waals surface area contributed by atoms with E-state index in [0.717, 1.165) is 26.4 Å². The van der Waals surface area contributed by atoms with Gasteiger partial charge in [0.1, 0.15) is 50.8 Å². The van der Waals surface area contributed by atoms with Gasteiger partial charge in [-0.25, -0.2) is 0 Å². The molecular weight excluding hydrogens is 432 g/mol. The van der Waals surface area contributed by atoms with Crippen LogP contribution in [0.15, 0.2) is 0 Å². The minimum Gasteiger partial charge on any atom is -0.463 e. The molecule has 12 heteroatoms. The van der Waals surface area contributed by atoms with Gasteiger partial charge in [0, 0.05) is 27.7 Å². The zero-order valence-electron chi connectivity index (χ0n) is 18.9. The van der Waals surface area contributed by atoms with Gasteiger partial charge in [0.05, 0.1) is 26.4 Å². The van der Waals surface area contributed by atoms with Gasteiger partial charge in [-0.15, -0.1) is 0 Å². The Hall–Kier alpha value is -2.28. The number of epoxide rings is 4.